The average molecular weight is 282 g/mol. The zero-order valence-electron chi connectivity index (χ0n) is 11.2. The molecule has 2 unspecified atom stereocenters. The number of hydrogen-bond donors (Lipinski definition) is 2. The number of aliphatic hydroxyl groups is 1. The fraction of sp³-hybridized carbons (Fsp3) is 0.500. The van der Waals surface area contributed by atoms with Gasteiger partial charge in [0.25, 0.3) is 0 Å². The molecule has 1 aromatic rings. The normalized spacial score (nSPS) is 20.2. The van der Waals surface area contributed by atoms with E-state index in [0.29, 0.717) is 18.1 Å². The number of aliphatic hydroxyl groups excluding tert-OH is 1. The summed E-state index contributed by atoms with van der Waals surface area (Å²) in [6, 6.07) is 4.59. The first-order chi connectivity index (χ1) is 9.61. The zero-order valence-corrected chi connectivity index (χ0v) is 11.2. The highest BCUT2D eigenvalue weighted by atomic mass is 16.5. The molecule has 2 atom stereocenters. The second kappa shape index (κ2) is 6.58. The molecule has 1 aliphatic rings. The summed E-state index contributed by atoms with van der Waals surface area (Å²) in [7, 11) is 1.47. The van der Waals surface area contributed by atoms with Gasteiger partial charge in [0.05, 0.1) is 13.7 Å². The van der Waals surface area contributed by atoms with E-state index in [4.69, 9.17) is 19.3 Å². The van der Waals surface area contributed by atoms with Crippen LogP contribution in [-0.4, -0.2) is 42.6 Å². The Labute approximate surface area is 116 Å². The van der Waals surface area contributed by atoms with Gasteiger partial charge in [0.1, 0.15) is 6.10 Å². The van der Waals surface area contributed by atoms with Gasteiger partial charge in [0.15, 0.2) is 17.6 Å². The van der Waals surface area contributed by atoms with E-state index in [1.165, 1.54) is 19.2 Å². The molecule has 0 radical (unpaired) electrons. The molecule has 1 fully saturated rings. The van der Waals surface area contributed by atoms with Crippen LogP contribution in [0.2, 0.25) is 0 Å². The van der Waals surface area contributed by atoms with Crippen LogP contribution in [0.15, 0.2) is 18.2 Å². The number of aliphatic carboxylic acids is 1. The van der Waals surface area contributed by atoms with Crippen molar-refractivity contribution in [2.45, 2.75) is 25.0 Å². The molecule has 6 heteroatoms. The van der Waals surface area contributed by atoms with E-state index in [1.54, 1.807) is 6.07 Å². The first-order valence-electron chi connectivity index (χ1n) is 6.45. The van der Waals surface area contributed by atoms with Crippen LogP contribution in [0.1, 0.15) is 24.5 Å². The quantitative estimate of drug-likeness (QED) is 0.848. The number of ether oxygens (including phenoxy) is 3. The van der Waals surface area contributed by atoms with Crippen molar-refractivity contribution in [2.75, 3.05) is 20.3 Å². The molecule has 1 aromatic carbocycles. The van der Waals surface area contributed by atoms with Gasteiger partial charge in [-0.3, -0.25) is 0 Å². The maximum Gasteiger partial charge on any atom is 0.337 e. The van der Waals surface area contributed by atoms with Gasteiger partial charge in [-0.25, -0.2) is 4.79 Å². The second-order valence-corrected chi connectivity index (χ2v) is 4.61. The summed E-state index contributed by atoms with van der Waals surface area (Å²) < 4.78 is 16.3. The van der Waals surface area contributed by atoms with Crippen LogP contribution in [0.4, 0.5) is 0 Å². The predicted molar refractivity (Wildman–Crippen MR) is 70.1 cm³/mol. The molecular formula is C14H18O6. The molecule has 2 rings (SSSR count). The number of carboxylic acid groups (broad SMARTS) is 1. The summed E-state index contributed by atoms with van der Waals surface area (Å²) >= 11 is 0. The van der Waals surface area contributed by atoms with Crippen molar-refractivity contribution in [3.05, 3.63) is 23.8 Å². The average Bonchev–Trinajstić information content (AvgIpc) is 2.48. The molecule has 20 heavy (non-hydrogen) atoms. The lowest BCUT2D eigenvalue weighted by Gasteiger charge is -2.24. The van der Waals surface area contributed by atoms with Crippen LogP contribution in [-0.2, 0) is 9.53 Å². The van der Waals surface area contributed by atoms with E-state index < -0.39 is 12.1 Å². The van der Waals surface area contributed by atoms with Crippen molar-refractivity contribution in [1.82, 2.24) is 0 Å². The fourth-order valence-electron chi connectivity index (χ4n) is 2.08. The van der Waals surface area contributed by atoms with Crippen molar-refractivity contribution in [3.8, 4) is 11.5 Å². The first kappa shape index (κ1) is 14.6. The molecule has 0 spiro atoms. The molecule has 2 N–H and O–H groups in total. The highest BCUT2D eigenvalue weighted by Crippen LogP contribution is 2.32. The van der Waals surface area contributed by atoms with E-state index in [9.17, 15) is 9.90 Å². The van der Waals surface area contributed by atoms with E-state index in [-0.39, 0.29) is 11.7 Å². The Morgan fingerprint density at radius 2 is 2.25 bits per heavy atom. The Hall–Kier alpha value is -1.79. The Morgan fingerprint density at radius 3 is 2.85 bits per heavy atom. The highest BCUT2D eigenvalue weighted by molar-refractivity contribution is 5.74. The third kappa shape index (κ3) is 3.40. The predicted octanol–water partition coefficient (Wildman–Crippen LogP) is 1.37. The standard InChI is InChI=1S/C14H18O6/c1-18-12-7-9(13(15)14(16)17)4-5-11(12)20-10-3-2-6-19-8-10/h4-5,7,10,13,15H,2-3,6,8H2,1H3,(H,16,17). The fourth-order valence-corrected chi connectivity index (χ4v) is 2.08. The summed E-state index contributed by atoms with van der Waals surface area (Å²) in [4.78, 5) is 10.8. The maximum absolute atomic E-state index is 10.8. The molecule has 0 amide bonds. The van der Waals surface area contributed by atoms with Crippen molar-refractivity contribution in [1.29, 1.82) is 0 Å². The van der Waals surface area contributed by atoms with Gasteiger partial charge < -0.3 is 24.4 Å². The van der Waals surface area contributed by atoms with Gasteiger partial charge in [-0.2, -0.15) is 0 Å². The number of carbonyl (C=O) groups is 1. The van der Waals surface area contributed by atoms with E-state index in [1.807, 2.05) is 0 Å². The summed E-state index contributed by atoms with van der Waals surface area (Å²) in [6.45, 7) is 1.28. The lowest BCUT2D eigenvalue weighted by atomic mass is 10.1. The Balaban J connectivity index is 2.14. The number of methoxy groups -OCH3 is 1. The van der Waals surface area contributed by atoms with Gasteiger partial charge in [-0.05, 0) is 30.5 Å². The SMILES string of the molecule is COc1cc(C(O)C(=O)O)ccc1OC1CCCOC1. The number of rotatable bonds is 5. The minimum absolute atomic E-state index is 0.0344. The highest BCUT2D eigenvalue weighted by Gasteiger charge is 2.20. The molecule has 0 saturated carbocycles. The molecule has 0 bridgehead atoms. The molecular weight excluding hydrogens is 264 g/mol. The van der Waals surface area contributed by atoms with Crippen LogP contribution in [0.25, 0.3) is 0 Å². The van der Waals surface area contributed by atoms with E-state index >= 15 is 0 Å². The zero-order chi connectivity index (χ0) is 14.5. The summed E-state index contributed by atoms with van der Waals surface area (Å²) in [6.07, 6.45) is 0.245. The topological polar surface area (TPSA) is 85.2 Å². The van der Waals surface area contributed by atoms with Crippen LogP contribution >= 0.6 is 0 Å². The second-order valence-electron chi connectivity index (χ2n) is 4.61. The molecule has 110 valence electrons. The smallest absolute Gasteiger partial charge is 0.337 e. The molecule has 1 aliphatic heterocycles. The monoisotopic (exact) mass is 282 g/mol. The van der Waals surface area contributed by atoms with Gasteiger partial charge in [-0.1, -0.05) is 6.07 Å². The molecule has 0 aliphatic carbocycles. The molecule has 1 saturated heterocycles. The van der Waals surface area contributed by atoms with E-state index in [2.05, 4.69) is 0 Å². The molecule has 0 aromatic heterocycles. The summed E-state index contributed by atoms with van der Waals surface area (Å²) in [5.41, 5.74) is 0.251. The molecule has 1 heterocycles. The lowest BCUT2D eigenvalue weighted by molar-refractivity contribution is -0.146. The third-order valence-corrected chi connectivity index (χ3v) is 3.15. The Morgan fingerprint density at radius 1 is 1.45 bits per heavy atom. The Kier molecular flexibility index (Phi) is 4.81. The van der Waals surface area contributed by atoms with Crippen LogP contribution in [0.3, 0.4) is 0 Å². The van der Waals surface area contributed by atoms with Gasteiger partial charge >= 0.3 is 5.97 Å². The van der Waals surface area contributed by atoms with Crippen LogP contribution < -0.4 is 9.47 Å². The number of benzene rings is 1. The first-order valence-corrected chi connectivity index (χ1v) is 6.45. The lowest BCUT2D eigenvalue weighted by Crippen LogP contribution is -2.28. The van der Waals surface area contributed by atoms with Gasteiger partial charge in [-0.15, -0.1) is 0 Å². The molecule has 6 nitrogen and oxygen atoms in total. The van der Waals surface area contributed by atoms with Gasteiger partial charge in [0.2, 0.25) is 0 Å². The number of carboxylic acids is 1. The summed E-state index contributed by atoms with van der Waals surface area (Å²) in [5, 5.41) is 18.3. The van der Waals surface area contributed by atoms with Crippen molar-refractivity contribution in [2.24, 2.45) is 0 Å². The Bertz CT molecular complexity index is 467. The van der Waals surface area contributed by atoms with Gasteiger partial charge in [0, 0.05) is 6.61 Å². The van der Waals surface area contributed by atoms with Crippen LogP contribution in [0, 0.1) is 0 Å². The van der Waals surface area contributed by atoms with Crippen molar-refractivity contribution < 1.29 is 29.2 Å². The minimum atomic E-state index is -1.57. The minimum Gasteiger partial charge on any atom is -0.493 e. The maximum atomic E-state index is 10.8. The number of hydrogen-bond acceptors (Lipinski definition) is 5. The van der Waals surface area contributed by atoms with Crippen molar-refractivity contribution >= 4 is 5.97 Å². The van der Waals surface area contributed by atoms with Crippen LogP contribution in [0.5, 0.6) is 11.5 Å². The van der Waals surface area contributed by atoms with Crippen molar-refractivity contribution in [3.63, 3.8) is 0 Å². The largest absolute Gasteiger partial charge is 0.493 e. The third-order valence-electron chi connectivity index (χ3n) is 3.15. The van der Waals surface area contributed by atoms with E-state index in [0.717, 1.165) is 19.4 Å². The summed E-state index contributed by atoms with van der Waals surface area (Å²) in [5.74, 6) is -0.390.